The van der Waals surface area contributed by atoms with Gasteiger partial charge in [-0.15, -0.1) is 0 Å². The highest BCUT2D eigenvalue weighted by molar-refractivity contribution is 9.10. The average Bonchev–Trinajstić information content (AvgIpc) is 2.47. The van der Waals surface area contributed by atoms with Crippen molar-refractivity contribution in [3.8, 4) is 0 Å². The van der Waals surface area contributed by atoms with Gasteiger partial charge in [0.15, 0.2) is 4.67 Å². The number of carbonyl (C=O) groups is 1. The van der Waals surface area contributed by atoms with Gasteiger partial charge < -0.3 is 9.73 Å². The Morgan fingerprint density at radius 2 is 2.31 bits per heavy atom. The molecule has 1 aromatic rings. The molecule has 0 aliphatic rings. The number of halogens is 3. The van der Waals surface area contributed by atoms with Crippen LogP contribution in [0.2, 0.25) is 0 Å². The Kier molecular flexibility index (Phi) is 3.41. The highest BCUT2D eigenvalue weighted by Gasteiger charge is 2.14. The lowest BCUT2D eigenvalue weighted by atomic mass is 10.4. The van der Waals surface area contributed by atoms with Crippen molar-refractivity contribution in [3.63, 3.8) is 0 Å². The molecule has 6 heteroatoms. The van der Waals surface area contributed by atoms with Crippen LogP contribution in [0.4, 0.5) is 8.78 Å². The van der Waals surface area contributed by atoms with Gasteiger partial charge in [0, 0.05) is 0 Å². The number of hydrogen-bond acceptors (Lipinski definition) is 2. The molecule has 1 aromatic heterocycles. The van der Waals surface area contributed by atoms with Crippen LogP contribution < -0.4 is 5.32 Å². The summed E-state index contributed by atoms with van der Waals surface area (Å²) in [6, 6.07) is 3.19. The Morgan fingerprint density at radius 1 is 1.62 bits per heavy atom. The van der Waals surface area contributed by atoms with Gasteiger partial charge in [0.25, 0.3) is 5.91 Å². The molecular formula is C7H6BrF2NO2. The molecule has 1 heterocycles. The Bertz CT molecular complexity index is 300. The molecule has 0 unspecified atom stereocenters. The highest BCUT2D eigenvalue weighted by atomic mass is 79.9. The van der Waals surface area contributed by atoms with Gasteiger partial charge in [-0.05, 0) is 28.1 Å². The molecule has 0 aliphatic carbocycles. The summed E-state index contributed by atoms with van der Waals surface area (Å²) in [7, 11) is 0. The lowest BCUT2D eigenvalue weighted by Gasteiger charge is -2.00. The first-order valence-corrected chi connectivity index (χ1v) is 4.19. The van der Waals surface area contributed by atoms with Gasteiger partial charge in [-0.2, -0.15) is 8.78 Å². The standard InChI is InChI=1S/C7H6BrF2NO2/c8-5-2-1-4(13-5)3-11-7(12)6(9)10/h1-2,6H,3H2,(H,11,12). The van der Waals surface area contributed by atoms with Crippen LogP contribution in [0.1, 0.15) is 5.76 Å². The van der Waals surface area contributed by atoms with Gasteiger partial charge in [0.05, 0.1) is 6.54 Å². The fourth-order valence-corrected chi connectivity index (χ4v) is 1.04. The van der Waals surface area contributed by atoms with Crippen LogP contribution in [0.5, 0.6) is 0 Å². The summed E-state index contributed by atoms with van der Waals surface area (Å²) in [5.41, 5.74) is 0. The highest BCUT2D eigenvalue weighted by Crippen LogP contribution is 2.13. The Labute approximate surface area is 81.2 Å². The topological polar surface area (TPSA) is 42.2 Å². The third-order valence-electron chi connectivity index (χ3n) is 1.26. The first-order valence-electron chi connectivity index (χ1n) is 3.39. The summed E-state index contributed by atoms with van der Waals surface area (Å²) in [5, 5.41) is 2.01. The predicted octanol–water partition coefficient (Wildman–Crippen LogP) is 1.92. The summed E-state index contributed by atoms with van der Waals surface area (Å²) in [5.74, 6) is -0.881. The van der Waals surface area contributed by atoms with Crippen molar-refractivity contribution in [2.75, 3.05) is 0 Å². The van der Waals surface area contributed by atoms with Crippen LogP contribution in [0.25, 0.3) is 0 Å². The smallest absolute Gasteiger partial charge is 0.315 e. The molecule has 72 valence electrons. The molecule has 0 fully saturated rings. The number of nitrogens with one attached hydrogen (secondary N) is 1. The number of hydrogen-bond donors (Lipinski definition) is 1. The van der Waals surface area contributed by atoms with E-state index in [1.165, 1.54) is 0 Å². The molecule has 0 aliphatic heterocycles. The van der Waals surface area contributed by atoms with E-state index in [9.17, 15) is 13.6 Å². The van der Waals surface area contributed by atoms with Crippen LogP contribution in [0, 0.1) is 0 Å². The maximum atomic E-state index is 11.7. The van der Waals surface area contributed by atoms with Crippen molar-refractivity contribution >= 4 is 21.8 Å². The normalized spacial score (nSPS) is 10.5. The number of alkyl halides is 2. The molecule has 3 nitrogen and oxygen atoms in total. The zero-order valence-electron chi connectivity index (χ0n) is 6.39. The van der Waals surface area contributed by atoms with Crippen molar-refractivity contribution in [1.82, 2.24) is 5.32 Å². The Hall–Kier alpha value is -0.910. The van der Waals surface area contributed by atoms with E-state index in [-0.39, 0.29) is 6.54 Å². The molecule has 0 saturated heterocycles. The fraction of sp³-hybridized carbons (Fsp3) is 0.286. The number of carbonyl (C=O) groups excluding carboxylic acids is 1. The fourth-order valence-electron chi connectivity index (χ4n) is 0.698. The van der Waals surface area contributed by atoms with Gasteiger partial charge in [0.2, 0.25) is 0 Å². The minimum absolute atomic E-state index is 0.0330. The van der Waals surface area contributed by atoms with Crippen LogP contribution in [-0.4, -0.2) is 12.3 Å². The molecular weight excluding hydrogens is 248 g/mol. The predicted molar refractivity (Wildman–Crippen MR) is 44.3 cm³/mol. The maximum Gasteiger partial charge on any atom is 0.315 e. The minimum atomic E-state index is -2.99. The first kappa shape index (κ1) is 10.2. The second kappa shape index (κ2) is 4.36. The van der Waals surface area contributed by atoms with Crippen molar-refractivity contribution in [2.24, 2.45) is 0 Å². The Balaban J connectivity index is 2.39. The van der Waals surface area contributed by atoms with Crippen molar-refractivity contribution in [1.29, 1.82) is 0 Å². The lowest BCUT2D eigenvalue weighted by Crippen LogP contribution is -2.28. The van der Waals surface area contributed by atoms with Crippen molar-refractivity contribution in [3.05, 3.63) is 22.6 Å². The van der Waals surface area contributed by atoms with Crippen LogP contribution in [0.15, 0.2) is 21.2 Å². The SMILES string of the molecule is O=C(NCc1ccc(Br)o1)C(F)F. The summed E-state index contributed by atoms with van der Waals surface area (Å²) in [4.78, 5) is 10.4. The summed E-state index contributed by atoms with van der Waals surface area (Å²) in [6.45, 7) is -0.0330. The molecule has 0 bridgehead atoms. The third-order valence-corrected chi connectivity index (χ3v) is 1.69. The molecule has 1 amide bonds. The lowest BCUT2D eigenvalue weighted by molar-refractivity contribution is -0.131. The molecule has 1 rings (SSSR count). The van der Waals surface area contributed by atoms with Crippen LogP contribution in [-0.2, 0) is 11.3 Å². The largest absolute Gasteiger partial charge is 0.452 e. The summed E-state index contributed by atoms with van der Waals surface area (Å²) >= 11 is 3.04. The maximum absolute atomic E-state index is 11.7. The first-order chi connectivity index (χ1) is 6.09. The van der Waals surface area contributed by atoms with Gasteiger partial charge in [-0.3, -0.25) is 4.79 Å². The molecule has 0 radical (unpaired) electrons. The zero-order chi connectivity index (χ0) is 9.84. The molecule has 13 heavy (non-hydrogen) atoms. The third kappa shape index (κ3) is 3.14. The molecule has 0 aromatic carbocycles. The van der Waals surface area contributed by atoms with E-state index in [0.717, 1.165) is 0 Å². The molecule has 0 saturated carbocycles. The van der Waals surface area contributed by atoms with Gasteiger partial charge in [0.1, 0.15) is 5.76 Å². The number of amides is 1. The van der Waals surface area contributed by atoms with Crippen molar-refractivity contribution in [2.45, 2.75) is 13.0 Å². The van der Waals surface area contributed by atoms with E-state index < -0.39 is 12.3 Å². The van der Waals surface area contributed by atoms with E-state index in [1.807, 2.05) is 5.32 Å². The van der Waals surface area contributed by atoms with Crippen molar-refractivity contribution < 1.29 is 18.0 Å². The molecule has 0 spiro atoms. The van der Waals surface area contributed by atoms with Crippen LogP contribution in [0.3, 0.4) is 0 Å². The molecule has 0 atom stereocenters. The van der Waals surface area contributed by atoms with E-state index in [1.54, 1.807) is 12.1 Å². The van der Waals surface area contributed by atoms with E-state index in [0.29, 0.717) is 10.4 Å². The quantitative estimate of drug-likeness (QED) is 0.895. The second-order valence-electron chi connectivity index (χ2n) is 2.22. The van der Waals surface area contributed by atoms with Gasteiger partial charge >= 0.3 is 6.43 Å². The van der Waals surface area contributed by atoms with E-state index >= 15 is 0 Å². The van der Waals surface area contributed by atoms with Gasteiger partial charge in [-0.25, -0.2) is 0 Å². The Morgan fingerprint density at radius 3 is 2.77 bits per heavy atom. The average molecular weight is 254 g/mol. The summed E-state index contributed by atoms with van der Waals surface area (Å²) < 4.78 is 28.8. The minimum Gasteiger partial charge on any atom is -0.452 e. The molecule has 1 N–H and O–H groups in total. The van der Waals surface area contributed by atoms with Gasteiger partial charge in [-0.1, -0.05) is 0 Å². The van der Waals surface area contributed by atoms with Crippen LogP contribution >= 0.6 is 15.9 Å². The zero-order valence-corrected chi connectivity index (χ0v) is 7.98. The summed E-state index contributed by atoms with van der Waals surface area (Å²) in [6.07, 6.45) is -2.99. The monoisotopic (exact) mass is 253 g/mol. The number of rotatable bonds is 3. The van der Waals surface area contributed by atoms with E-state index in [2.05, 4.69) is 15.9 Å². The second-order valence-corrected chi connectivity index (χ2v) is 3.01. The number of furan rings is 1. The van der Waals surface area contributed by atoms with E-state index in [4.69, 9.17) is 4.42 Å².